The lowest BCUT2D eigenvalue weighted by Crippen LogP contribution is -2.30. The zero-order chi connectivity index (χ0) is 14.9. The predicted octanol–water partition coefficient (Wildman–Crippen LogP) is 2.73. The lowest BCUT2D eigenvalue weighted by atomic mass is 9.94. The molecular formula is C12H20F3NO3. The van der Waals surface area contributed by atoms with Crippen molar-refractivity contribution in [3.8, 4) is 0 Å². The molecule has 112 valence electrons. The van der Waals surface area contributed by atoms with Gasteiger partial charge >= 0.3 is 12.1 Å². The highest BCUT2D eigenvalue weighted by atomic mass is 19.4. The lowest BCUT2D eigenvalue weighted by Gasteiger charge is -2.15. The van der Waals surface area contributed by atoms with Gasteiger partial charge in [-0.15, -0.1) is 0 Å². The summed E-state index contributed by atoms with van der Waals surface area (Å²) < 4.78 is 35.7. The molecule has 0 saturated carbocycles. The summed E-state index contributed by atoms with van der Waals surface area (Å²) in [7, 11) is 0. The van der Waals surface area contributed by atoms with Gasteiger partial charge in [-0.1, -0.05) is 19.8 Å². The summed E-state index contributed by atoms with van der Waals surface area (Å²) in [5, 5.41) is 10.8. The molecule has 0 fully saturated rings. The van der Waals surface area contributed by atoms with E-state index in [4.69, 9.17) is 5.11 Å². The van der Waals surface area contributed by atoms with Crippen molar-refractivity contribution in [1.29, 1.82) is 0 Å². The molecular weight excluding hydrogens is 263 g/mol. The molecule has 1 amide bonds. The van der Waals surface area contributed by atoms with Crippen LogP contribution >= 0.6 is 0 Å². The Bertz CT molecular complexity index is 292. The van der Waals surface area contributed by atoms with Gasteiger partial charge in [0.1, 0.15) is 6.42 Å². The fraction of sp³-hybridized carbons (Fsp3) is 0.833. The number of carbonyl (C=O) groups is 2. The Labute approximate surface area is 110 Å². The molecule has 0 aromatic rings. The summed E-state index contributed by atoms with van der Waals surface area (Å²) in [5.41, 5.74) is 0. The van der Waals surface area contributed by atoms with Crippen LogP contribution in [-0.4, -0.2) is 29.7 Å². The molecule has 19 heavy (non-hydrogen) atoms. The number of nitrogens with one attached hydrogen (secondary N) is 1. The quantitative estimate of drug-likeness (QED) is 0.683. The summed E-state index contributed by atoms with van der Waals surface area (Å²) in [4.78, 5) is 21.4. The van der Waals surface area contributed by atoms with Gasteiger partial charge in [-0.3, -0.25) is 9.59 Å². The zero-order valence-corrected chi connectivity index (χ0v) is 10.9. The van der Waals surface area contributed by atoms with Crippen molar-refractivity contribution in [3.63, 3.8) is 0 Å². The molecule has 7 heteroatoms. The molecule has 0 aromatic carbocycles. The Balaban J connectivity index is 3.91. The van der Waals surface area contributed by atoms with Gasteiger partial charge in [0.15, 0.2) is 0 Å². The standard InChI is InChI=1S/C12H20F3NO3/c1-2-3-9(4-5-11(18)19)6-7-16-10(17)8-12(13,14)15/h9H,2-8H2,1H3,(H,16,17)(H,18,19). The van der Waals surface area contributed by atoms with Crippen LogP contribution in [0.1, 0.15) is 45.4 Å². The smallest absolute Gasteiger partial charge is 0.397 e. The van der Waals surface area contributed by atoms with Crippen molar-refractivity contribution >= 4 is 11.9 Å². The van der Waals surface area contributed by atoms with Gasteiger partial charge in [-0.2, -0.15) is 13.2 Å². The fourth-order valence-corrected chi connectivity index (χ4v) is 1.83. The van der Waals surface area contributed by atoms with Gasteiger partial charge in [0, 0.05) is 13.0 Å². The van der Waals surface area contributed by atoms with Gasteiger partial charge < -0.3 is 10.4 Å². The minimum Gasteiger partial charge on any atom is -0.481 e. The Morgan fingerprint density at radius 2 is 1.84 bits per heavy atom. The first-order valence-electron chi connectivity index (χ1n) is 6.29. The molecule has 1 unspecified atom stereocenters. The molecule has 0 radical (unpaired) electrons. The number of hydrogen-bond acceptors (Lipinski definition) is 2. The number of halogens is 3. The minimum atomic E-state index is -4.49. The van der Waals surface area contributed by atoms with E-state index in [-0.39, 0.29) is 18.9 Å². The van der Waals surface area contributed by atoms with Gasteiger partial charge in [0.25, 0.3) is 0 Å². The third-order valence-electron chi connectivity index (χ3n) is 2.70. The van der Waals surface area contributed by atoms with E-state index in [1.165, 1.54) is 0 Å². The van der Waals surface area contributed by atoms with Gasteiger partial charge in [-0.05, 0) is 18.8 Å². The monoisotopic (exact) mass is 283 g/mol. The van der Waals surface area contributed by atoms with E-state index in [9.17, 15) is 22.8 Å². The second-order valence-electron chi connectivity index (χ2n) is 4.52. The SMILES string of the molecule is CCCC(CCNC(=O)CC(F)(F)F)CCC(=O)O. The van der Waals surface area contributed by atoms with Crippen LogP contribution in [0.25, 0.3) is 0 Å². The van der Waals surface area contributed by atoms with Crippen LogP contribution in [0.5, 0.6) is 0 Å². The van der Waals surface area contributed by atoms with Crippen molar-refractivity contribution in [2.45, 2.75) is 51.6 Å². The molecule has 0 spiro atoms. The number of carboxylic acids is 1. The van der Waals surface area contributed by atoms with Crippen LogP contribution in [0.4, 0.5) is 13.2 Å². The lowest BCUT2D eigenvalue weighted by molar-refractivity contribution is -0.153. The highest BCUT2D eigenvalue weighted by Crippen LogP contribution is 2.19. The summed E-state index contributed by atoms with van der Waals surface area (Å²) in [6.45, 7) is 2.11. The van der Waals surface area contributed by atoms with Crippen LogP contribution in [-0.2, 0) is 9.59 Å². The Morgan fingerprint density at radius 3 is 2.32 bits per heavy atom. The average molecular weight is 283 g/mol. The molecule has 0 rings (SSSR count). The maximum absolute atomic E-state index is 11.9. The van der Waals surface area contributed by atoms with Crippen molar-refractivity contribution in [2.24, 2.45) is 5.92 Å². The van der Waals surface area contributed by atoms with Gasteiger partial charge in [0.05, 0.1) is 0 Å². The molecule has 0 aromatic heterocycles. The summed E-state index contributed by atoms with van der Waals surface area (Å²) in [6, 6.07) is 0. The molecule has 0 bridgehead atoms. The second-order valence-corrected chi connectivity index (χ2v) is 4.52. The Morgan fingerprint density at radius 1 is 1.21 bits per heavy atom. The Hall–Kier alpha value is -1.27. The number of rotatable bonds is 9. The molecule has 0 aliphatic rings. The first-order valence-corrected chi connectivity index (χ1v) is 6.29. The van der Waals surface area contributed by atoms with Crippen LogP contribution < -0.4 is 5.32 Å². The molecule has 4 nitrogen and oxygen atoms in total. The number of carboxylic acid groups (broad SMARTS) is 1. The number of aliphatic carboxylic acids is 1. The van der Waals surface area contributed by atoms with Gasteiger partial charge in [0.2, 0.25) is 5.91 Å². The number of carbonyl (C=O) groups excluding carboxylic acids is 1. The van der Waals surface area contributed by atoms with Crippen LogP contribution in [0.3, 0.4) is 0 Å². The van der Waals surface area contributed by atoms with Crippen molar-refractivity contribution in [1.82, 2.24) is 5.32 Å². The van der Waals surface area contributed by atoms with E-state index in [2.05, 4.69) is 5.32 Å². The van der Waals surface area contributed by atoms with Crippen LogP contribution in [0.2, 0.25) is 0 Å². The van der Waals surface area contributed by atoms with Crippen molar-refractivity contribution in [3.05, 3.63) is 0 Å². The first-order chi connectivity index (χ1) is 8.74. The third kappa shape index (κ3) is 11.5. The number of alkyl halides is 3. The van der Waals surface area contributed by atoms with E-state index in [0.717, 1.165) is 12.8 Å². The van der Waals surface area contributed by atoms with Gasteiger partial charge in [-0.25, -0.2) is 0 Å². The molecule has 0 saturated heterocycles. The molecule has 0 heterocycles. The van der Waals surface area contributed by atoms with Crippen molar-refractivity contribution < 1.29 is 27.9 Å². The summed E-state index contributed by atoms with van der Waals surface area (Å²) in [5.74, 6) is -1.81. The average Bonchev–Trinajstić information content (AvgIpc) is 2.23. The second kappa shape index (κ2) is 8.77. The maximum Gasteiger partial charge on any atom is 0.397 e. The fourth-order valence-electron chi connectivity index (χ4n) is 1.83. The molecule has 0 aliphatic heterocycles. The molecule has 2 N–H and O–H groups in total. The Kier molecular flexibility index (Phi) is 8.18. The van der Waals surface area contributed by atoms with E-state index < -0.39 is 24.5 Å². The highest BCUT2D eigenvalue weighted by molar-refractivity contribution is 5.76. The number of hydrogen-bond donors (Lipinski definition) is 2. The first kappa shape index (κ1) is 17.7. The van der Waals surface area contributed by atoms with Crippen molar-refractivity contribution in [2.75, 3.05) is 6.54 Å². The van der Waals surface area contributed by atoms with E-state index in [1.807, 2.05) is 6.92 Å². The highest BCUT2D eigenvalue weighted by Gasteiger charge is 2.30. The summed E-state index contributed by atoms with van der Waals surface area (Å²) in [6.07, 6.45) is -3.25. The number of amides is 1. The minimum absolute atomic E-state index is 0.0428. The normalized spacial score (nSPS) is 13.1. The topological polar surface area (TPSA) is 66.4 Å². The largest absolute Gasteiger partial charge is 0.481 e. The van der Waals surface area contributed by atoms with E-state index in [0.29, 0.717) is 12.8 Å². The van der Waals surface area contributed by atoms with Crippen LogP contribution in [0.15, 0.2) is 0 Å². The summed E-state index contributed by atoms with van der Waals surface area (Å²) >= 11 is 0. The molecule has 0 aliphatic carbocycles. The maximum atomic E-state index is 11.9. The van der Waals surface area contributed by atoms with E-state index in [1.54, 1.807) is 0 Å². The zero-order valence-electron chi connectivity index (χ0n) is 10.9. The van der Waals surface area contributed by atoms with Crippen LogP contribution in [0, 0.1) is 5.92 Å². The predicted molar refractivity (Wildman–Crippen MR) is 63.6 cm³/mol. The third-order valence-corrected chi connectivity index (χ3v) is 2.70. The van der Waals surface area contributed by atoms with E-state index >= 15 is 0 Å². The molecule has 1 atom stereocenters.